The summed E-state index contributed by atoms with van der Waals surface area (Å²) in [6, 6.07) is 0. The van der Waals surface area contributed by atoms with Crippen LogP contribution in [-0.4, -0.2) is 17.4 Å². The predicted octanol–water partition coefficient (Wildman–Crippen LogP) is 3.06. The van der Waals surface area contributed by atoms with Crippen molar-refractivity contribution in [2.45, 2.75) is 45.8 Å². The first kappa shape index (κ1) is 15.3. The van der Waals surface area contributed by atoms with E-state index in [2.05, 4.69) is 11.8 Å². The molecule has 0 aliphatic rings. The summed E-state index contributed by atoms with van der Waals surface area (Å²) in [7, 11) is -3.26. The van der Waals surface area contributed by atoms with Gasteiger partial charge in [0.25, 0.3) is 0 Å². The smallest absolute Gasteiger partial charge is 0.289 e. The van der Waals surface area contributed by atoms with Crippen LogP contribution in [0.4, 0.5) is 0 Å². The SMILES string of the molecule is C#CC(C)(C)OP(=O)(CC)OC(C)(C)C#C. The molecule has 16 heavy (non-hydrogen) atoms. The van der Waals surface area contributed by atoms with Gasteiger partial charge in [-0.15, -0.1) is 12.8 Å². The second-order valence-electron chi connectivity index (χ2n) is 4.42. The van der Waals surface area contributed by atoms with E-state index in [0.717, 1.165) is 0 Å². The average molecular weight is 242 g/mol. The average Bonchev–Trinajstić information content (AvgIpc) is 2.16. The highest BCUT2D eigenvalue weighted by atomic mass is 31.2. The van der Waals surface area contributed by atoms with Crippen molar-refractivity contribution in [2.24, 2.45) is 0 Å². The third kappa shape index (κ3) is 4.86. The molecule has 4 heteroatoms. The van der Waals surface area contributed by atoms with E-state index in [0.29, 0.717) is 0 Å². The Kier molecular flexibility index (Phi) is 4.84. The van der Waals surface area contributed by atoms with E-state index in [-0.39, 0.29) is 6.16 Å². The normalized spacial score (nSPS) is 12.9. The highest BCUT2D eigenvalue weighted by Crippen LogP contribution is 2.53. The van der Waals surface area contributed by atoms with Crippen LogP contribution in [0.2, 0.25) is 0 Å². The number of hydrogen-bond acceptors (Lipinski definition) is 3. The number of terminal acetylenes is 2. The van der Waals surface area contributed by atoms with E-state index in [9.17, 15) is 4.57 Å². The van der Waals surface area contributed by atoms with Gasteiger partial charge < -0.3 is 0 Å². The van der Waals surface area contributed by atoms with Crippen molar-refractivity contribution in [3.63, 3.8) is 0 Å². The number of rotatable bonds is 5. The summed E-state index contributed by atoms with van der Waals surface area (Å²) in [4.78, 5) is 0. The fraction of sp³-hybridized carbons (Fsp3) is 0.667. The van der Waals surface area contributed by atoms with Gasteiger partial charge >= 0.3 is 7.60 Å². The lowest BCUT2D eigenvalue weighted by atomic mass is 10.2. The van der Waals surface area contributed by atoms with Crippen molar-refractivity contribution in [3.05, 3.63) is 0 Å². The largest absolute Gasteiger partial charge is 0.333 e. The van der Waals surface area contributed by atoms with Gasteiger partial charge in [0.15, 0.2) is 0 Å². The van der Waals surface area contributed by atoms with Crippen molar-refractivity contribution < 1.29 is 13.6 Å². The van der Waals surface area contributed by atoms with Crippen LogP contribution in [0.1, 0.15) is 34.6 Å². The van der Waals surface area contributed by atoms with Gasteiger partial charge in [0.2, 0.25) is 0 Å². The molecule has 0 saturated heterocycles. The minimum atomic E-state index is -3.26. The van der Waals surface area contributed by atoms with Crippen molar-refractivity contribution in [2.75, 3.05) is 6.16 Å². The second-order valence-corrected chi connectivity index (χ2v) is 6.64. The predicted molar refractivity (Wildman–Crippen MR) is 66.1 cm³/mol. The minimum absolute atomic E-state index is 0.225. The molecule has 0 fully saturated rings. The summed E-state index contributed by atoms with van der Waals surface area (Å²) in [6.07, 6.45) is 10.8. The quantitative estimate of drug-likeness (QED) is 0.549. The molecule has 0 rings (SSSR count). The zero-order valence-electron chi connectivity index (χ0n) is 10.5. The standard InChI is InChI=1S/C12H19O3P/c1-8-11(4,5)14-16(13,10-3)15-12(6,7)9-2/h1-2H,10H2,3-7H3. The van der Waals surface area contributed by atoms with Crippen LogP contribution in [0.3, 0.4) is 0 Å². The molecular weight excluding hydrogens is 223 g/mol. The van der Waals surface area contributed by atoms with Crippen LogP contribution in [0.15, 0.2) is 0 Å². The maximum absolute atomic E-state index is 12.3. The lowest BCUT2D eigenvalue weighted by molar-refractivity contribution is 0.0844. The summed E-state index contributed by atoms with van der Waals surface area (Å²) in [5.41, 5.74) is -1.87. The molecule has 0 aliphatic heterocycles. The summed E-state index contributed by atoms with van der Waals surface area (Å²) >= 11 is 0. The van der Waals surface area contributed by atoms with E-state index in [1.807, 2.05) is 0 Å². The Labute approximate surface area is 98.4 Å². The van der Waals surface area contributed by atoms with Crippen LogP contribution in [0, 0.1) is 24.7 Å². The zero-order chi connectivity index (χ0) is 13.0. The van der Waals surface area contributed by atoms with Crippen molar-refractivity contribution in [3.8, 4) is 24.7 Å². The summed E-state index contributed by atoms with van der Waals surface area (Å²) in [5, 5.41) is 0. The highest BCUT2D eigenvalue weighted by molar-refractivity contribution is 7.53. The summed E-state index contributed by atoms with van der Waals surface area (Å²) < 4.78 is 23.0. The molecular formula is C12H19O3P. The Bertz CT molecular complexity index is 337. The molecule has 0 aliphatic carbocycles. The molecule has 90 valence electrons. The van der Waals surface area contributed by atoms with Crippen LogP contribution in [0.25, 0.3) is 0 Å². The lowest BCUT2D eigenvalue weighted by Crippen LogP contribution is -2.26. The van der Waals surface area contributed by atoms with Crippen molar-refractivity contribution >= 4 is 7.60 Å². The molecule has 0 spiro atoms. The first-order valence-corrected chi connectivity index (χ1v) is 6.78. The summed E-state index contributed by atoms with van der Waals surface area (Å²) in [5.74, 6) is 4.82. The summed E-state index contributed by atoms with van der Waals surface area (Å²) in [6.45, 7) is 8.33. The molecule has 0 unspecified atom stereocenters. The molecule has 0 aromatic carbocycles. The Hall–Kier alpha value is -0.730. The van der Waals surface area contributed by atoms with Gasteiger partial charge in [0.05, 0.1) is 0 Å². The highest BCUT2D eigenvalue weighted by Gasteiger charge is 2.35. The van der Waals surface area contributed by atoms with Gasteiger partial charge in [0, 0.05) is 6.16 Å². The maximum Gasteiger partial charge on any atom is 0.333 e. The maximum atomic E-state index is 12.3. The van der Waals surface area contributed by atoms with Gasteiger partial charge in [-0.25, -0.2) is 0 Å². The molecule has 0 atom stereocenters. The third-order valence-corrected chi connectivity index (χ3v) is 4.06. The minimum Gasteiger partial charge on any atom is -0.289 e. The molecule has 3 nitrogen and oxygen atoms in total. The van der Waals surface area contributed by atoms with Crippen LogP contribution >= 0.6 is 7.60 Å². The molecule has 0 bridgehead atoms. The fourth-order valence-corrected chi connectivity index (χ4v) is 2.69. The van der Waals surface area contributed by atoms with Gasteiger partial charge in [-0.1, -0.05) is 18.8 Å². The second kappa shape index (κ2) is 5.07. The van der Waals surface area contributed by atoms with Gasteiger partial charge in [0.1, 0.15) is 11.2 Å². The van der Waals surface area contributed by atoms with Crippen molar-refractivity contribution in [1.29, 1.82) is 0 Å². The van der Waals surface area contributed by atoms with E-state index in [4.69, 9.17) is 21.9 Å². The van der Waals surface area contributed by atoms with Crippen LogP contribution in [0.5, 0.6) is 0 Å². The monoisotopic (exact) mass is 242 g/mol. The Balaban J connectivity index is 4.92. The van der Waals surface area contributed by atoms with E-state index >= 15 is 0 Å². The van der Waals surface area contributed by atoms with E-state index in [1.54, 1.807) is 34.6 Å². The molecule has 0 heterocycles. The third-order valence-electron chi connectivity index (χ3n) is 1.82. The fourth-order valence-electron chi connectivity index (χ4n) is 0.896. The van der Waals surface area contributed by atoms with E-state index in [1.165, 1.54) is 0 Å². The van der Waals surface area contributed by atoms with Gasteiger partial charge in [-0.05, 0) is 27.7 Å². The van der Waals surface area contributed by atoms with Crippen molar-refractivity contribution in [1.82, 2.24) is 0 Å². The van der Waals surface area contributed by atoms with Gasteiger partial charge in [-0.3, -0.25) is 13.6 Å². The topological polar surface area (TPSA) is 35.5 Å². The number of hydrogen-bond donors (Lipinski definition) is 0. The zero-order valence-corrected chi connectivity index (χ0v) is 11.4. The Morgan fingerprint density at radius 1 is 1.06 bits per heavy atom. The lowest BCUT2D eigenvalue weighted by Gasteiger charge is -2.30. The Morgan fingerprint density at radius 2 is 1.38 bits per heavy atom. The first-order valence-electron chi connectivity index (χ1n) is 5.06. The molecule has 0 amide bonds. The Morgan fingerprint density at radius 3 is 1.56 bits per heavy atom. The molecule has 0 N–H and O–H groups in total. The van der Waals surface area contributed by atoms with Gasteiger partial charge in [-0.2, -0.15) is 0 Å². The van der Waals surface area contributed by atoms with Crippen LogP contribution < -0.4 is 0 Å². The van der Waals surface area contributed by atoms with E-state index < -0.39 is 18.8 Å². The van der Waals surface area contributed by atoms with Crippen LogP contribution in [-0.2, 0) is 13.6 Å². The molecule has 0 aromatic rings. The first-order chi connectivity index (χ1) is 7.10. The molecule has 0 saturated carbocycles. The molecule has 0 aromatic heterocycles. The molecule has 0 radical (unpaired) electrons.